The molecule has 1 heterocycles. The van der Waals surface area contributed by atoms with E-state index in [0.29, 0.717) is 4.75 Å². The number of thioether (sulfide) groups is 1. The van der Waals surface area contributed by atoms with Crippen molar-refractivity contribution in [2.45, 2.75) is 76.0 Å². The van der Waals surface area contributed by atoms with Crippen molar-refractivity contribution in [1.29, 1.82) is 0 Å². The maximum absolute atomic E-state index is 3.85. The second-order valence-electron chi connectivity index (χ2n) is 6.29. The third-order valence-corrected chi connectivity index (χ3v) is 6.15. The van der Waals surface area contributed by atoms with E-state index >= 15 is 0 Å². The molecule has 0 amide bonds. The van der Waals surface area contributed by atoms with E-state index in [9.17, 15) is 0 Å². The fraction of sp³-hybridized carbons (Fsp3) is 1.00. The highest BCUT2D eigenvalue weighted by Crippen LogP contribution is 2.37. The fourth-order valence-corrected chi connectivity index (χ4v) is 4.66. The van der Waals surface area contributed by atoms with Gasteiger partial charge < -0.3 is 5.32 Å². The van der Waals surface area contributed by atoms with Gasteiger partial charge in [-0.25, -0.2) is 0 Å². The highest BCUT2D eigenvalue weighted by atomic mass is 32.2. The first-order valence-corrected chi connectivity index (χ1v) is 8.58. The Hall–Kier alpha value is 0.310. The van der Waals surface area contributed by atoms with Gasteiger partial charge in [-0.15, -0.1) is 0 Å². The molecule has 0 bridgehead atoms. The van der Waals surface area contributed by atoms with Crippen LogP contribution in [0, 0.1) is 5.92 Å². The maximum Gasteiger partial charge on any atom is 0.0256 e. The Morgan fingerprint density at radius 2 is 2.00 bits per heavy atom. The lowest BCUT2D eigenvalue weighted by Gasteiger charge is -2.32. The highest BCUT2D eigenvalue weighted by molar-refractivity contribution is 8.00. The summed E-state index contributed by atoms with van der Waals surface area (Å²) in [5, 5.41) is 3.85. The fourth-order valence-electron chi connectivity index (χ4n) is 3.40. The van der Waals surface area contributed by atoms with Crippen LogP contribution in [0.2, 0.25) is 0 Å². The highest BCUT2D eigenvalue weighted by Gasteiger charge is 2.30. The summed E-state index contributed by atoms with van der Waals surface area (Å²) in [5.41, 5.74) is 0. The first-order valence-electron chi connectivity index (χ1n) is 7.59. The Kier molecular flexibility index (Phi) is 5.23. The van der Waals surface area contributed by atoms with Crippen LogP contribution in [-0.4, -0.2) is 23.1 Å². The molecule has 1 unspecified atom stereocenters. The molecule has 100 valence electrons. The zero-order chi connectivity index (χ0) is 12.1. The minimum absolute atomic E-state index is 0.542. The monoisotopic (exact) mass is 255 g/mol. The van der Waals surface area contributed by atoms with E-state index in [1.807, 2.05) is 0 Å². The molecule has 0 spiro atoms. The van der Waals surface area contributed by atoms with Gasteiger partial charge in [0, 0.05) is 17.3 Å². The zero-order valence-electron chi connectivity index (χ0n) is 11.6. The Labute approximate surface area is 112 Å². The molecule has 1 aliphatic carbocycles. The van der Waals surface area contributed by atoms with Gasteiger partial charge in [0.05, 0.1) is 0 Å². The molecule has 1 N–H and O–H groups in total. The van der Waals surface area contributed by atoms with Crippen LogP contribution in [0.1, 0.15) is 65.2 Å². The summed E-state index contributed by atoms with van der Waals surface area (Å²) < 4.78 is 0.542. The predicted molar refractivity (Wildman–Crippen MR) is 78.8 cm³/mol. The van der Waals surface area contributed by atoms with E-state index in [1.54, 1.807) is 0 Å². The molecule has 0 aromatic heterocycles. The van der Waals surface area contributed by atoms with Crippen LogP contribution >= 0.6 is 11.8 Å². The second kappa shape index (κ2) is 6.47. The van der Waals surface area contributed by atoms with Crippen molar-refractivity contribution in [2.24, 2.45) is 5.92 Å². The topological polar surface area (TPSA) is 12.0 Å². The Morgan fingerprint density at radius 1 is 1.24 bits per heavy atom. The van der Waals surface area contributed by atoms with E-state index in [1.165, 1.54) is 63.7 Å². The van der Waals surface area contributed by atoms with E-state index in [2.05, 4.69) is 30.9 Å². The Balaban J connectivity index is 1.64. The van der Waals surface area contributed by atoms with Gasteiger partial charge in [-0.05, 0) is 57.1 Å². The molecule has 0 aromatic carbocycles. The van der Waals surface area contributed by atoms with Gasteiger partial charge in [-0.3, -0.25) is 0 Å². The van der Waals surface area contributed by atoms with Crippen LogP contribution in [0.5, 0.6) is 0 Å². The lowest BCUT2D eigenvalue weighted by molar-refractivity contribution is 0.274. The van der Waals surface area contributed by atoms with E-state index in [-0.39, 0.29) is 0 Å². The van der Waals surface area contributed by atoms with Crippen LogP contribution in [0.15, 0.2) is 0 Å². The molecule has 1 aliphatic heterocycles. The molecular formula is C15H29NS. The summed E-state index contributed by atoms with van der Waals surface area (Å²) >= 11 is 2.18. The summed E-state index contributed by atoms with van der Waals surface area (Å²) in [4.78, 5) is 0. The van der Waals surface area contributed by atoms with Crippen molar-refractivity contribution in [2.75, 3.05) is 12.3 Å². The first kappa shape index (κ1) is 13.7. The van der Waals surface area contributed by atoms with Crippen molar-refractivity contribution < 1.29 is 0 Å². The van der Waals surface area contributed by atoms with Crippen LogP contribution in [0.4, 0.5) is 0 Å². The predicted octanol–water partition coefficient (Wildman–Crippen LogP) is 4.22. The van der Waals surface area contributed by atoms with Gasteiger partial charge in [0.25, 0.3) is 0 Å². The van der Waals surface area contributed by atoms with E-state index in [4.69, 9.17) is 0 Å². The molecule has 1 saturated carbocycles. The molecule has 2 aliphatic rings. The van der Waals surface area contributed by atoms with E-state index in [0.717, 1.165) is 12.0 Å². The molecule has 17 heavy (non-hydrogen) atoms. The molecule has 2 heteroatoms. The molecule has 1 atom stereocenters. The second-order valence-corrected chi connectivity index (χ2v) is 7.97. The molecule has 1 saturated heterocycles. The zero-order valence-corrected chi connectivity index (χ0v) is 12.5. The normalized spacial score (nSPS) is 38.5. The smallest absolute Gasteiger partial charge is 0.0256 e. The molecule has 2 rings (SSSR count). The van der Waals surface area contributed by atoms with Gasteiger partial charge in [-0.1, -0.05) is 19.8 Å². The SMILES string of the molecule is CCCC1CCC(NCC2(C)CCCS2)CC1. The van der Waals surface area contributed by atoms with Gasteiger partial charge in [0.1, 0.15) is 0 Å². The van der Waals surface area contributed by atoms with Gasteiger partial charge in [-0.2, -0.15) is 11.8 Å². The van der Waals surface area contributed by atoms with Crippen molar-refractivity contribution in [3.05, 3.63) is 0 Å². The lowest BCUT2D eigenvalue weighted by atomic mass is 9.83. The van der Waals surface area contributed by atoms with Crippen molar-refractivity contribution >= 4 is 11.8 Å². The summed E-state index contributed by atoms with van der Waals surface area (Å²) in [5.74, 6) is 2.41. The number of rotatable bonds is 5. The summed E-state index contributed by atoms with van der Waals surface area (Å²) in [6.45, 7) is 6.00. The van der Waals surface area contributed by atoms with E-state index < -0.39 is 0 Å². The van der Waals surface area contributed by atoms with Crippen molar-refractivity contribution in [1.82, 2.24) is 5.32 Å². The van der Waals surface area contributed by atoms with Crippen LogP contribution in [-0.2, 0) is 0 Å². The number of hydrogen-bond donors (Lipinski definition) is 1. The van der Waals surface area contributed by atoms with Crippen molar-refractivity contribution in [3.63, 3.8) is 0 Å². The summed E-state index contributed by atoms with van der Waals surface area (Å²) in [7, 11) is 0. The first-order chi connectivity index (χ1) is 8.22. The van der Waals surface area contributed by atoms with Crippen LogP contribution in [0.25, 0.3) is 0 Å². The summed E-state index contributed by atoms with van der Waals surface area (Å²) in [6.07, 6.45) is 11.4. The number of nitrogens with one attached hydrogen (secondary N) is 1. The average molecular weight is 255 g/mol. The average Bonchev–Trinajstić information content (AvgIpc) is 2.76. The van der Waals surface area contributed by atoms with Gasteiger partial charge >= 0.3 is 0 Å². The molecule has 2 fully saturated rings. The van der Waals surface area contributed by atoms with Gasteiger partial charge in [0.2, 0.25) is 0 Å². The summed E-state index contributed by atoms with van der Waals surface area (Å²) in [6, 6.07) is 0.820. The third-order valence-electron chi connectivity index (χ3n) is 4.61. The van der Waals surface area contributed by atoms with Crippen LogP contribution < -0.4 is 5.32 Å². The Morgan fingerprint density at radius 3 is 2.59 bits per heavy atom. The third kappa shape index (κ3) is 4.17. The Bertz CT molecular complexity index is 215. The quantitative estimate of drug-likeness (QED) is 0.789. The molecular weight excluding hydrogens is 226 g/mol. The largest absolute Gasteiger partial charge is 0.313 e. The molecule has 1 nitrogen and oxygen atoms in total. The maximum atomic E-state index is 3.85. The van der Waals surface area contributed by atoms with Crippen LogP contribution in [0.3, 0.4) is 0 Å². The lowest BCUT2D eigenvalue weighted by Crippen LogP contribution is -2.41. The molecule has 0 aromatic rings. The minimum Gasteiger partial charge on any atom is -0.313 e. The molecule has 0 radical (unpaired) electrons. The standard InChI is InChI=1S/C15H29NS/c1-3-5-13-6-8-14(9-7-13)16-12-15(2)10-4-11-17-15/h13-14,16H,3-12H2,1-2H3. The number of hydrogen-bond acceptors (Lipinski definition) is 2. The van der Waals surface area contributed by atoms with Gasteiger partial charge in [0.15, 0.2) is 0 Å². The van der Waals surface area contributed by atoms with Crippen molar-refractivity contribution in [3.8, 4) is 0 Å². The minimum atomic E-state index is 0.542.